The second-order valence-electron chi connectivity index (χ2n) is 6.67. The molecule has 0 bridgehead atoms. The first-order valence-electron chi connectivity index (χ1n) is 9.01. The number of hydrogen-bond donors (Lipinski definition) is 1. The molecule has 1 aromatic heterocycles. The molecule has 0 aliphatic carbocycles. The zero-order valence-corrected chi connectivity index (χ0v) is 17.1. The predicted molar refractivity (Wildman–Crippen MR) is 105 cm³/mol. The first-order chi connectivity index (χ1) is 12.9. The molecule has 2 atom stereocenters. The fourth-order valence-electron chi connectivity index (χ4n) is 3.07. The van der Waals surface area contributed by atoms with Crippen LogP contribution in [0.5, 0.6) is 0 Å². The molecule has 1 saturated heterocycles. The molecule has 1 N–H and O–H groups in total. The molecule has 1 aromatic carbocycles. The van der Waals surface area contributed by atoms with Crippen molar-refractivity contribution < 1.29 is 13.2 Å². The number of sulfone groups is 1. The first kappa shape index (κ1) is 19.9. The number of benzene rings is 1. The van der Waals surface area contributed by atoms with Gasteiger partial charge in [0.2, 0.25) is 5.91 Å². The molecule has 1 fully saturated rings. The van der Waals surface area contributed by atoms with Gasteiger partial charge in [-0.1, -0.05) is 42.1 Å². The molecule has 0 spiro atoms. The van der Waals surface area contributed by atoms with E-state index >= 15 is 0 Å². The third-order valence-electron chi connectivity index (χ3n) is 4.54. The molecule has 0 unspecified atom stereocenters. The van der Waals surface area contributed by atoms with Gasteiger partial charge in [-0.3, -0.25) is 4.79 Å². The largest absolute Gasteiger partial charge is 0.351 e. The highest BCUT2D eigenvalue weighted by Crippen LogP contribution is 2.24. The normalized spacial score (nSPS) is 19.7. The Labute approximate surface area is 163 Å². The van der Waals surface area contributed by atoms with Crippen molar-refractivity contribution in [2.45, 2.75) is 49.7 Å². The number of rotatable bonds is 7. The Balaban J connectivity index is 1.63. The number of aromatic nitrogens is 3. The number of amides is 1. The lowest BCUT2D eigenvalue weighted by Crippen LogP contribution is -2.40. The van der Waals surface area contributed by atoms with Gasteiger partial charge in [-0.05, 0) is 25.8 Å². The highest BCUT2D eigenvalue weighted by molar-refractivity contribution is 8.00. The van der Waals surface area contributed by atoms with E-state index in [2.05, 4.69) is 15.5 Å². The van der Waals surface area contributed by atoms with Crippen LogP contribution in [0.3, 0.4) is 0 Å². The molecule has 0 radical (unpaired) electrons. The van der Waals surface area contributed by atoms with Crippen molar-refractivity contribution in [2.75, 3.05) is 11.5 Å². The van der Waals surface area contributed by atoms with Gasteiger partial charge in [-0.2, -0.15) is 0 Å². The molecule has 9 heteroatoms. The Morgan fingerprint density at radius 1 is 1.33 bits per heavy atom. The second-order valence-corrected chi connectivity index (χ2v) is 10.2. The van der Waals surface area contributed by atoms with E-state index in [1.165, 1.54) is 11.8 Å². The van der Waals surface area contributed by atoms with E-state index in [9.17, 15) is 13.2 Å². The zero-order chi connectivity index (χ0) is 19.4. The van der Waals surface area contributed by atoms with Crippen LogP contribution in [-0.4, -0.2) is 51.9 Å². The molecule has 3 rings (SSSR count). The van der Waals surface area contributed by atoms with Crippen molar-refractivity contribution in [1.29, 1.82) is 0 Å². The fraction of sp³-hybridized carbons (Fsp3) is 0.500. The summed E-state index contributed by atoms with van der Waals surface area (Å²) in [5, 5.41) is 11.7. The van der Waals surface area contributed by atoms with E-state index in [0.29, 0.717) is 24.5 Å². The fourth-order valence-corrected chi connectivity index (χ4v) is 5.69. The predicted octanol–water partition coefficient (Wildman–Crippen LogP) is 1.67. The van der Waals surface area contributed by atoms with E-state index in [-0.39, 0.29) is 28.7 Å². The third kappa shape index (κ3) is 5.10. The summed E-state index contributed by atoms with van der Waals surface area (Å²) in [5.41, 5.74) is 1.16. The quantitative estimate of drug-likeness (QED) is 0.701. The molecule has 27 heavy (non-hydrogen) atoms. The summed E-state index contributed by atoms with van der Waals surface area (Å²) in [4.78, 5) is 12.4. The van der Waals surface area contributed by atoms with Crippen molar-refractivity contribution >= 4 is 27.5 Å². The standard InChI is InChI=1S/C18H24N4O3S2/c1-3-22-16(11-14-7-5-4-6-8-14)20-21-18(22)26-13(2)17(23)19-15-9-10-27(24,25)12-15/h4-8,13,15H,3,9-12H2,1-2H3,(H,19,23)/t13-,15+/m0/s1. The van der Waals surface area contributed by atoms with Gasteiger partial charge >= 0.3 is 0 Å². The monoisotopic (exact) mass is 408 g/mol. The number of nitrogens with zero attached hydrogens (tertiary/aromatic N) is 3. The van der Waals surface area contributed by atoms with Gasteiger partial charge < -0.3 is 9.88 Å². The van der Waals surface area contributed by atoms with Crippen LogP contribution in [0.2, 0.25) is 0 Å². The lowest BCUT2D eigenvalue weighted by molar-refractivity contribution is -0.120. The summed E-state index contributed by atoms with van der Waals surface area (Å²) in [5.74, 6) is 0.868. The van der Waals surface area contributed by atoms with E-state index in [1.54, 1.807) is 6.92 Å². The summed E-state index contributed by atoms with van der Waals surface area (Å²) in [7, 11) is -3.01. The third-order valence-corrected chi connectivity index (χ3v) is 7.39. The van der Waals surface area contributed by atoms with Crippen LogP contribution < -0.4 is 5.32 Å². The number of carbonyl (C=O) groups is 1. The Kier molecular flexibility index (Phi) is 6.21. The molecular weight excluding hydrogens is 384 g/mol. The Morgan fingerprint density at radius 2 is 2.07 bits per heavy atom. The SMILES string of the molecule is CCn1c(Cc2ccccc2)nnc1S[C@@H](C)C(=O)N[C@@H]1CCS(=O)(=O)C1. The van der Waals surface area contributed by atoms with Crippen LogP contribution in [-0.2, 0) is 27.6 Å². The maximum Gasteiger partial charge on any atom is 0.233 e. The minimum Gasteiger partial charge on any atom is -0.351 e. The summed E-state index contributed by atoms with van der Waals surface area (Å²) in [6.07, 6.45) is 1.17. The smallest absolute Gasteiger partial charge is 0.233 e. The summed E-state index contributed by atoms with van der Waals surface area (Å²) >= 11 is 1.35. The lowest BCUT2D eigenvalue weighted by Gasteiger charge is -2.15. The molecule has 2 aromatic rings. The maximum atomic E-state index is 12.4. The first-order valence-corrected chi connectivity index (χ1v) is 11.7. The molecular formula is C18H24N4O3S2. The van der Waals surface area contributed by atoms with Gasteiger partial charge in [0.1, 0.15) is 5.82 Å². The highest BCUT2D eigenvalue weighted by Gasteiger charge is 2.30. The minimum absolute atomic E-state index is 0.0303. The zero-order valence-electron chi connectivity index (χ0n) is 15.5. The van der Waals surface area contributed by atoms with Gasteiger partial charge in [0, 0.05) is 19.0 Å². The van der Waals surface area contributed by atoms with Crippen molar-refractivity contribution in [3.8, 4) is 0 Å². The van der Waals surface area contributed by atoms with Crippen LogP contribution in [0.4, 0.5) is 0 Å². The summed E-state index contributed by atoms with van der Waals surface area (Å²) < 4.78 is 25.1. The topological polar surface area (TPSA) is 93.9 Å². The molecule has 146 valence electrons. The van der Waals surface area contributed by atoms with Crippen LogP contribution in [0, 0.1) is 0 Å². The highest BCUT2D eigenvalue weighted by atomic mass is 32.2. The molecule has 1 amide bonds. The molecule has 2 heterocycles. The van der Waals surface area contributed by atoms with Crippen molar-refractivity contribution in [1.82, 2.24) is 20.1 Å². The summed E-state index contributed by atoms with van der Waals surface area (Å²) in [6.45, 7) is 4.54. The van der Waals surface area contributed by atoms with E-state index < -0.39 is 9.84 Å². The van der Waals surface area contributed by atoms with Crippen molar-refractivity contribution in [2.24, 2.45) is 0 Å². The van der Waals surface area contributed by atoms with Gasteiger partial charge in [0.25, 0.3) is 0 Å². The average Bonchev–Trinajstić information content (AvgIpc) is 3.17. The Bertz CT molecular complexity index is 897. The van der Waals surface area contributed by atoms with Crippen LogP contribution >= 0.6 is 11.8 Å². The Hall–Kier alpha value is -1.87. The van der Waals surface area contributed by atoms with Crippen molar-refractivity contribution in [3.05, 3.63) is 41.7 Å². The van der Waals surface area contributed by atoms with E-state index in [0.717, 1.165) is 11.4 Å². The van der Waals surface area contributed by atoms with E-state index in [4.69, 9.17) is 0 Å². The molecule has 1 aliphatic rings. The van der Waals surface area contributed by atoms with Gasteiger partial charge in [-0.15, -0.1) is 10.2 Å². The minimum atomic E-state index is -3.01. The number of thioether (sulfide) groups is 1. The molecule has 1 aliphatic heterocycles. The second kappa shape index (κ2) is 8.43. The summed E-state index contributed by atoms with van der Waals surface area (Å²) in [6, 6.07) is 9.77. The number of carbonyl (C=O) groups excluding carboxylic acids is 1. The van der Waals surface area contributed by atoms with Crippen LogP contribution in [0.25, 0.3) is 0 Å². The number of nitrogens with one attached hydrogen (secondary N) is 1. The lowest BCUT2D eigenvalue weighted by atomic mass is 10.1. The number of hydrogen-bond acceptors (Lipinski definition) is 6. The molecule has 0 saturated carbocycles. The Morgan fingerprint density at radius 3 is 2.70 bits per heavy atom. The van der Waals surface area contributed by atoms with Crippen molar-refractivity contribution in [3.63, 3.8) is 0 Å². The average molecular weight is 409 g/mol. The van der Waals surface area contributed by atoms with Crippen LogP contribution in [0.15, 0.2) is 35.5 Å². The van der Waals surface area contributed by atoms with Gasteiger partial charge in [0.15, 0.2) is 15.0 Å². The maximum absolute atomic E-state index is 12.4. The van der Waals surface area contributed by atoms with E-state index in [1.807, 2.05) is 41.8 Å². The van der Waals surface area contributed by atoms with Gasteiger partial charge in [-0.25, -0.2) is 8.42 Å². The van der Waals surface area contributed by atoms with Gasteiger partial charge in [0.05, 0.1) is 16.8 Å². The van der Waals surface area contributed by atoms with Crippen LogP contribution in [0.1, 0.15) is 31.7 Å². The molecule has 7 nitrogen and oxygen atoms in total.